The van der Waals surface area contributed by atoms with Gasteiger partial charge in [0.25, 0.3) is 0 Å². The Labute approximate surface area is 120 Å². The summed E-state index contributed by atoms with van der Waals surface area (Å²) in [5.41, 5.74) is 7.67. The van der Waals surface area contributed by atoms with E-state index in [2.05, 4.69) is 36.9 Å². The zero-order chi connectivity index (χ0) is 13.8. The molecule has 0 heterocycles. The van der Waals surface area contributed by atoms with Crippen molar-refractivity contribution < 1.29 is 14.2 Å². The molecule has 1 aromatic carbocycles. The summed E-state index contributed by atoms with van der Waals surface area (Å²) in [5, 5.41) is 0. The Hall–Kier alpha value is -0.590. The van der Waals surface area contributed by atoms with Crippen molar-refractivity contribution in [1.82, 2.24) is 0 Å². The smallest absolute Gasteiger partial charge is 0.0718 e. The third-order valence-corrected chi connectivity index (χ3v) is 2.85. The average molecular weight is 285 g/mol. The van der Waals surface area contributed by atoms with E-state index >= 15 is 0 Å². The minimum Gasteiger partial charge on any atom is -0.378 e. The Bertz CT molecular complexity index is 319. The molecule has 2 N–H and O–H groups in total. The van der Waals surface area contributed by atoms with Crippen LogP contribution in [0.25, 0.3) is 0 Å². The van der Waals surface area contributed by atoms with Crippen LogP contribution in [-0.2, 0) is 26.6 Å². The third kappa shape index (κ3) is 8.23. The van der Waals surface area contributed by atoms with Gasteiger partial charge in [0.2, 0.25) is 0 Å². The van der Waals surface area contributed by atoms with Crippen molar-refractivity contribution in [2.45, 2.75) is 12.4 Å². The van der Waals surface area contributed by atoms with Crippen molar-refractivity contribution >= 4 is 12.6 Å². The molecule has 0 radical (unpaired) electrons. The first-order valence-corrected chi connectivity index (χ1v) is 7.12. The maximum absolute atomic E-state index is 5.52. The van der Waals surface area contributed by atoms with E-state index in [0.717, 1.165) is 11.3 Å². The molecule has 0 aliphatic carbocycles. The summed E-state index contributed by atoms with van der Waals surface area (Å²) in [4.78, 5) is 0. The van der Waals surface area contributed by atoms with Gasteiger partial charge in [0.15, 0.2) is 0 Å². The molecule has 0 unspecified atom stereocenters. The molecule has 0 aromatic heterocycles. The molecule has 0 saturated carbocycles. The molecule has 0 amide bonds. The highest BCUT2D eigenvalue weighted by Gasteiger charge is 1.95. The Kier molecular flexibility index (Phi) is 9.75. The van der Waals surface area contributed by atoms with Crippen LogP contribution in [0.4, 0.5) is 0 Å². The van der Waals surface area contributed by atoms with Crippen LogP contribution in [0.3, 0.4) is 0 Å². The average Bonchev–Trinajstić information content (AvgIpc) is 2.46. The monoisotopic (exact) mass is 285 g/mol. The van der Waals surface area contributed by atoms with Crippen molar-refractivity contribution in [3.63, 3.8) is 0 Å². The maximum Gasteiger partial charge on any atom is 0.0718 e. The highest BCUT2D eigenvalue weighted by atomic mass is 32.1. The summed E-state index contributed by atoms with van der Waals surface area (Å²) in [6.07, 6.45) is 0. The summed E-state index contributed by atoms with van der Waals surface area (Å²) >= 11 is 4.22. The molecular formula is C14H23NO3S. The summed E-state index contributed by atoms with van der Waals surface area (Å²) < 4.78 is 16.1. The molecule has 0 spiro atoms. The topological polar surface area (TPSA) is 53.7 Å². The molecule has 0 bridgehead atoms. The van der Waals surface area contributed by atoms with Crippen molar-refractivity contribution in [3.8, 4) is 0 Å². The van der Waals surface area contributed by atoms with Crippen LogP contribution in [0.15, 0.2) is 24.3 Å². The highest BCUT2D eigenvalue weighted by Crippen LogP contribution is 2.07. The first kappa shape index (κ1) is 16.5. The first-order valence-electron chi connectivity index (χ1n) is 6.49. The molecule has 0 aliphatic heterocycles. The lowest BCUT2D eigenvalue weighted by atomic mass is 10.2. The van der Waals surface area contributed by atoms with Crippen LogP contribution in [0, 0.1) is 0 Å². The van der Waals surface area contributed by atoms with Crippen molar-refractivity contribution in [3.05, 3.63) is 35.4 Å². The van der Waals surface area contributed by atoms with Crippen molar-refractivity contribution in [2.75, 3.05) is 39.6 Å². The van der Waals surface area contributed by atoms with Crippen molar-refractivity contribution in [2.24, 2.45) is 5.73 Å². The van der Waals surface area contributed by atoms with Gasteiger partial charge in [-0.1, -0.05) is 24.3 Å². The summed E-state index contributed by atoms with van der Waals surface area (Å²) in [6.45, 7) is 4.09. The van der Waals surface area contributed by atoms with Gasteiger partial charge >= 0.3 is 0 Å². The van der Waals surface area contributed by atoms with Crippen LogP contribution in [0.1, 0.15) is 11.1 Å². The van der Waals surface area contributed by atoms with Crippen molar-refractivity contribution in [1.29, 1.82) is 0 Å². The molecule has 0 fully saturated rings. The Morgan fingerprint density at radius 1 is 0.789 bits per heavy atom. The van der Waals surface area contributed by atoms with Gasteiger partial charge in [-0.15, -0.1) is 0 Å². The van der Waals surface area contributed by atoms with E-state index in [4.69, 9.17) is 19.9 Å². The molecule has 0 atom stereocenters. The number of benzene rings is 1. The Balaban J connectivity index is 1.95. The van der Waals surface area contributed by atoms with E-state index in [-0.39, 0.29) is 0 Å². The second-order valence-electron chi connectivity index (χ2n) is 4.04. The zero-order valence-corrected chi connectivity index (χ0v) is 12.1. The molecule has 108 valence electrons. The second kappa shape index (κ2) is 11.3. The fourth-order valence-corrected chi connectivity index (χ4v) is 1.66. The lowest BCUT2D eigenvalue weighted by Crippen LogP contribution is -2.13. The lowest BCUT2D eigenvalue weighted by molar-refractivity contribution is 0.0119. The number of nitrogens with two attached hydrogens (primary N) is 1. The van der Waals surface area contributed by atoms with E-state index < -0.39 is 0 Å². The van der Waals surface area contributed by atoms with Gasteiger partial charge in [0.1, 0.15) is 0 Å². The van der Waals surface area contributed by atoms with E-state index in [1.54, 1.807) is 0 Å². The van der Waals surface area contributed by atoms with E-state index in [1.807, 2.05) is 0 Å². The zero-order valence-electron chi connectivity index (χ0n) is 11.2. The third-order valence-electron chi connectivity index (χ3n) is 2.48. The fourth-order valence-electron chi connectivity index (χ4n) is 1.45. The number of thiol groups is 1. The minimum absolute atomic E-state index is 0.551. The number of ether oxygens (including phenoxy) is 3. The second-order valence-corrected chi connectivity index (χ2v) is 4.36. The van der Waals surface area contributed by atoms with Gasteiger partial charge in [0, 0.05) is 12.3 Å². The van der Waals surface area contributed by atoms with E-state index in [1.165, 1.54) is 5.56 Å². The summed E-state index contributed by atoms with van der Waals surface area (Å²) in [6, 6.07) is 8.26. The van der Waals surface area contributed by atoms with Gasteiger partial charge in [-0.3, -0.25) is 0 Å². The normalized spacial score (nSPS) is 10.8. The predicted molar refractivity (Wildman–Crippen MR) is 79.5 cm³/mol. The molecule has 1 aromatic rings. The number of hydrogen-bond acceptors (Lipinski definition) is 5. The molecule has 0 aliphatic rings. The Morgan fingerprint density at radius 2 is 1.32 bits per heavy atom. The largest absolute Gasteiger partial charge is 0.378 e. The molecule has 19 heavy (non-hydrogen) atoms. The summed E-state index contributed by atoms with van der Waals surface area (Å²) in [5.74, 6) is 0.765. The van der Waals surface area contributed by atoms with Crippen LogP contribution >= 0.6 is 12.6 Å². The van der Waals surface area contributed by atoms with E-state index in [0.29, 0.717) is 46.2 Å². The van der Waals surface area contributed by atoms with Gasteiger partial charge in [-0.25, -0.2) is 0 Å². The summed E-state index contributed by atoms with van der Waals surface area (Å²) in [7, 11) is 0. The van der Waals surface area contributed by atoms with E-state index in [9.17, 15) is 0 Å². The molecule has 5 heteroatoms. The Morgan fingerprint density at radius 3 is 1.89 bits per heavy atom. The fraction of sp³-hybridized carbons (Fsp3) is 0.571. The quantitative estimate of drug-likeness (QED) is 0.479. The predicted octanol–water partition coefficient (Wildman–Crippen LogP) is 1.62. The van der Waals surface area contributed by atoms with Gasteiger partial charge in [0.05, 0.1) is 39.6 Å². The molecule has 4 nitrogen and oxygen atoms in total. The highest BCUT2D eigenvalue weighted by molar-refractivity contribution is 7.79. The van der Waals surface area contributed by atoms with Crippen LogP contribution in [-0.4, -0.2) is 39.6 Å². The van der Waals surface area contributed by atoms with Crippen LogP contribution in [0.5, 0.6) is 0 Å². The standard InChI is InChI=1S/C14H23NO3S/c15-5-6-16-7-8-17-9-10-18-11-13-1-3-14(12-19)4-2-13/h1-4,19H,5-12,15H2. The minimum atomic E-state index is 0.551. The molecule has 1 rings (SSSR count). The number of hydrogen-bond donors (Lipinski definition) is 2. The number of rotatable bonds is 11. The first-order chi connectivity index (χ1) is 9.36. The lowest BCUT2D eigenvalue weighted by Gasteiger charge is -2.07. The van der Waals surface area contributed by atoms with Crippen LogP contribution < -0.4 is 5.73 Å². The maximum atomic E-state index is 5.52. The molecular weight excluding hydrogens is 262 g/mol. The molecule has 0 saturated heterocycles. The SMILES string of the molecule is NCCOCCOCCOCc1ccc(CS)cc1. The van der Waals surface area contributed by atoms with Gasteiger partial charge in [-0.05, 0) is 11.1 Å². The van der Waals surface area contributed by atoms with Gasteiger partial charge < -0.3 is 19.9 Å². The van der Waals surface area contributed by atoms with Crippen LogP contribution in [0.2, 0.25) is 0 Å². The van der Waals surface area contributed by atoms with Gasteiger partial charge in [-0.2, -0.15) is 12.6 Å².